The van der Waals surface area contributed by atoms with Crippen LogP contribution >= 0.6 is 24.0 Å². The minimum atomic E-state index is -0.0618. The van der Waals surface area contributed by atoms with Crippen molar-refractivity contribution in [3.05, 3.63) is 70.1 Å². The molecule has 130 valence electrons. The van der Waals surface area contributed by atoms with Crippen LogP contribution in [0.5, 0.6) is 5.75 Å². The van der Waals surface area contributed by atoms with Gasteiger partial charge in [0.25, 0.3) is 5.91 Å². The lowest BCUT2D eigenvalue weighted by Gasteiger charge is -2.14. The van der Waals surface area contributed by atoms with Crippen molar-refractivity contribution in [2.24, 2.45) is 0 Å². The largest absolute Gasteiger partial charge is 0.481 e. The van der Waals surface area contributed by atoms with Crippen LogP contribution < -0.4 is 4.74 Å². The maximum absolute atomic E-state index is 12.7. The number of carbonyl (C=O) groups excluding carboxylic acids is 1. The Hall–Kier alpha value is -2.55. The van der Waals surface area contributed by atoms with Gasteiger partial charge in [0.2, 0.25) is 0 Å². The van der Waals surface area contributed by atoms with Crippen LogP contribution in [0.25, 0.3) is 6.08 Å². The van der Waals surface area contributed by atoms with Crippen LogP contribution in [0.15, 0.2) is 53.4 Å². The number of aryl methyl sites for hydroxylation is 1. The number of benzene rings is 2. The molecule has 0 bridgehead atoms. The van der Waals surface area contributed by atoms with Gasteiger partial charge in [0.15, 0.2) is 0 Å². The zero-order valence-corrected chi connectivity index (χ0v) is 15.9. The maximum Gasteiger partial charge on any atom is 0.266 e. The molecule has 0 unspecified atom stereocenters. The van der Waals surface area contributed by atoms with E-state index in [1.54, 1.807) is 4.90 Å². The summed E-state index contributed by atoms with van der Waals surface area (Å²) in [4.78, 5) is 15.0. The lowest BCUT2D eigenvalue weighted by molar-refractivity contribution is -0.122. The Bertz CT molecular complexity index is 893. The number of nitrogens with zero attached hydrogens (tertiary/aromatic N) is 1. The van der Waals surface area contributed by atoms with Gasteiger partial charge in [-0.15, -0.1) is 6.42 Å². The number of carbonyl (C=O) groups is 1. The number of thiocarbonyl (C=S) groups is 1. The molecule has 1 amide bonds. The van der Waals surface area contributed by atoms with Gasteiger partial charge in [0.1, 0.15) is 16.7 Å². The molecule has 0 N–H and O–H groups in total. The average Bonchev–Trinajstić information content (AvgIpc) is 2.90. The van der Waals surface area contributed by atoms with E-state index in [2.05, 4.69) is 5.92 Å². The SMILES string of the molecule is C#CCOc1ccc(C=C2SC(=S)N(Cc3ccc(C)cc3)C2=O)cc1. The minimum Gasteiger partial charge on any atom is -0.481 e. The van der Waals surface area contributed by atoms with Crippen LogP contribution in [-0.4, -0.2) is 21.7 Å². The quantitative estimate of drug-likeness (QED) is 0.437. The van der Waals surface area contributed by atoms with Gasteiger partial charge in [-0.1, -0.05) is 71.9 Å². The Morgan fingerprint density at radius 2 is 1.88 bits per heavy atom. The molecule has 1 heterocycles. The van der Waals surface area contributed by atoms with E-state index in [1.165, 1.54) is 17.3 Å². The van der Waals surface area contributed by atoms with Crippen molar-refractivity contribution in [3.8, 4) is 18.1 Å². The molecule has 0 atom stereocenters. The van der Waals surface area contributed by atoms with Crippen LogP contribution in [0, 0.1) is 19.3 Å². The van der Waals surface area contributed by atoms with Crippen molar-refractivity contribution in [1.82, 2.24) is 4.90 Å². The molecule has 2 aromatic carbocycles. The molecule has 0 saturated carbocycles. The van der Waals surface area contributed by atoms with Gasteiger partial charge < -0.3 is 4.74 Å². The van der Waals surface area contributed by atoms with E-state index in [9.17, 15) is 4.79 Å². The standard InChI is InChI=1S/C21H17NO2S2/c1-3-12-24-18-10-8-16(9-11-18)13-19-20(23)22(21(25)26-19)14-17-6-4-15(2)5-7-17/h1,4-11,13H,12,14H2,2H3. The summed E-state index contributed by atoms with van der Waals surface area (Å²) < 4.78 is 5.93. The van der Waals surface area contributed by atoms with Gasteiger partial charge in [0, 0.05) is 0 Å². The Morgan fingerprint density at radius 3 is 2.54 bits per heavy atom. The topological polar surface area (TPSA) is 29.5 Å². The van der Waals surface area contributed by atoms with Crippen LogP contribution in [0.3, 0.4) is 0 Å². The zero-order chi connectivity index (χ0) is 18.5. The predicted octanol–water partition coefficient (Wildman–Crippen LogP) is 4.41. The molecule has 5 heteroatoms. The van der Waals surface area contributed by atoms with Crippen molar-refractivity contribution in [1.29, 1.82) is 0 Å². The fourth-order valence-electron chi connectivity index (χ4n) is 2.45. The molecule has 3 nitrogen and oxygen atoms in total. The molecule has 0 radical (unpaired) electrons. The van der Waals surface area contributed by atoms with Gasteiger partial charge >= 0.3 is 0 Å². The Labute approximate surface area is 163 Å². The maximum atomic E-state index is 12.7. The lowest BCUT2D eigenvalue weighted by atomic mass is 10.1. The van der Waals surface area contributed by atoms with Crippen molar-refractivity contribution >= 4 is 40.3 Å². The highest BCUT2D eigenvalue weighted by atomic mass is 32.2. The third-order valence-corrected chi connectivity index (χ3v) is 5.21. The lowest BCUT2D eigenvalue weighted by Crippen LogP contribution is -2.27. The molecule has 0 aliphatic carbocycles. The number of amides is 1. The van der Waals surface area contributed by atoms with E-state index in [4.69, 9.17) is 23.4 Å². The highest BCUT2D eigenvalue weighted by Gasteiger charge is 2.31. The summed E-state index contributed by atoms with van der Waals surface area (Å²) >= 11 is 6.72. The van der Waals surface area contributed by atoms with E-state index < -0.39 is 0 Å². The first kappa shape index (κ1) is 18.2. The molecule has 1 fully saturated rings. The first-order chi connectivity index (χ1) is 12.6. The van der Waals surface area contributed by atoms with Crippen LogP contribution in [-0.2, 0) is 11.3 Å². The van der Waals surface area contributed by atoms with Gasteiger partial charge in [-0.25, -0.2) is 0 Å². The molecular formula is C21H17NO2S2. The summed E-state index contributed by atoms with van der Waals surface area (Å²) in [6.45, 7) is 2.76. The van der Waals surface area contributed by atoms with Gasteiger partial charge in [-0.3, -0.25) is 9.69 Å². The molecule has 1 aliphatic heterocycles. The third kappa shape index (κ3) is 4.34. The van der Waals surface area contributed by atoms with E-state index in [1.807, 2.05) is 61.5 Å². The highest BCUT2D eigenvalue weighted by molar-refractivity contribution is 8.26. The highest BCUT2D eigenvalue weighted by Crippen LogP contribution is 2.33. The summed E-state index contributed by atoms with van der Waals surface area (Å²) in [5.74, 6) is 3.07. The van der Waals surface area contributed by atoms with Gasteiger partial charge in [-0.05, 0) is 36.3 Å². The van der Waals surface area contributed by atoms with Crippen molar-refractivity contribution in [2.75, 3.05) is 6.61 Å². The van der Waals surface area contributed by atoms with Gasteiger partial charge in [0.05, 0.1) is 11.4 Å². The smallest absolute Gasteiger partial charge is 0.266 e. The van der Waals surface area contributed by atoms with Crippen LogP contribution in [0.1, 0.15) is 16.7 Å². The molecule has 2 aromatic rings. The van der Waals surface area contributed by atoms with E-state index in [-0.39, 0.29) is 12.5 Å². The molecule has 26 heavy (non-hydrogen) atoms. The van der Waals surface area contributed by atoms with E-state index in [0.717, 1.165) is 11.1 Å². The molecule has 1 aliphatic rings. The number of hydrogen-bond donors (Lipinski definition) is 0. The Balaban J connectivity index is 1.72. The average molecular weight is 380 g/mol. The fraction of sp³-hybridized carbons (Fsp3) is 0.143. The van der Waals surface area contributed by atoms with Crippen molar-refractivity contribution in [2.45, 2.75) is 13.5 Å². The second-order valence-corrected chi connectivity index (χ2v) is 7.49. The number of terminal acetylenes is 1. The first-order valence-corrected chi connectivity index (χ1v) is 9.26. The van der Waals surface area contributed by atoms with Gasteiger partial charge in [-0.2, -0.15) is 0 Å². The minimum absolute atomic E-state index is 0.0618. The van der Waals surface area contributed by atoms with Crippen molar-refractivity contribution < 1.29 is 9.53 Å². The number of rotatable bonds is 5. The number of thioether (sulfide) groups is 1. The molecule has 3 rings (SSSR count). The van der Waals surface area contributed by atoms with Crippen molar-refractivity contribution in [3.63, 3.8) is 0 Å². The molecule has 0 aromatic heterocycles. The first-order valence-electron chi connectivity index (χ1n) is 8.04. The number of ether oxygens (including phenoxy) is 1. The van der Waals surface area contributed by atoms with Crippen LogP contribution in [0.2, 0.25) is 0 Å². The summed E-state index contributed by atoms with van der Waals surface area (Å²) in [6, 6.07) is 15.5. The Morgan fingerprint density at radius 1 is 1.19 bits per heavy atom. The second kappa shape index (κ2) is 8.22. The monoisotopic (exact) mass is 379 g/mol. The van der Waals surface area contributed by atoms with E-state index in [0.29, 0.717) is 21.5 Å². The summed E-state index contributed by atoms with van der Waals surface area (Å²) in [7, 11) is 0. The number of hydrogen-bond acceptors (Lipinski definition) is 4. The Kier molecular flexibility index (Phi) is 5.77. The predicted molar refractivity (Wildman–Crippen MR) is 111 cm³/mol. The normalized spacial score (nSPS) is 15.4. The molecular weight excluding hydrogens is 362 g/mol. The van der Waals surface area contributed by atoms with E-state index >= 15 is 0 Å². The molecule has 1 saturated heterocycles. The third-order valence-electron chi connectivity index (χ3n) is 3.83. The zero-order valence-electron chi connectivity index (χ0n) is 14.3. The van der Waals surface area contributed by atoms with Crippen LogP contribution in [0.4, 0.5) is 0 Å². The molecule has 0 spiro atoms. The summed E-state index contributed by atoms with van der Waals surface area (Å²) in [5.41, 5.74) is 3.16. The summed E-state index contributed by atoms with van der Waals surface area (Å²) in [5, 5.41) is 0. The summed E-state index contributed by atoms with van der Waals surface area (Å²) in [6.07, 6.45) is 7.02. The fourth-order valence-corrected chi connectivity index (χ4v) is 3.70. The second-order valence-electron chi connectivity index (χ2n) is 5.82.